The Bertz CT molecular complexity index is 972. The Hall–Kier alpha value is -2.99. The molecule has 2 saturated heterocycles. The van der Waals surface area contributed by atoms with Gasteiger partial charge in [-0.05, 0) is 32.8 Å². The van der Waals surface area contributed by atoms with Gasteiger partial charge in [-0.25, -0.2) is 0 Å². The predicted molar refractivity (Wildman–Crippen MR) is 122 cm³/mol. The van der Waals surface area contributed by atoms with Crippen LogP contribution in [0.4, 0.5) is 0 Å². The van der Waals surface area contributed by atoms with Crippen LogP contribution < -0.4 is 0 Å². The maximum Gasteiger partial charge on any atom is 0.254 e. The normalized spacial score (nSPS) is 21.9. The van der Waals surface area contributed by atoms with Crippen molar-refractivity contribution >= 4 is 17.6 Å². The van der Waals surface area contributed by atoms with E-state index in [9.17, 15) is 14.4 Å². The summed E-state index contributed by atoms with van der Waals surface area (Å²) < 4.78 is 5.74. The van der Waals surface area contributed by atoms with Crippen molar-refractivity contribution < 1.29 is 19.1 Å². The minimum Gasteiger partial charge on any atom is -0.372 e. The lowest BCUT2D eigenvalue weighted by Crippen LogP contribution is -2.51. The zero-order chi connectivity index (χ0) is 22.7. The number of piperidine rings is 1. The molecule has 2 aromatic rings. The van der Waals surface area contributed by atoms with Gasteiger partial charge in [0.25, 0.3) is 5.91 Å². The first kappa shape index (κ1) is 22.2. The molecule has 2 amide bonds. The van der Waals surface area contributed by atoms with Gasteiger partial charge < -0.3 is 14.5 Å². The van der Waals surface area contributed by atoms with Crippen LogP contribution in [0.25, 0.3) is 0 Å². The molecular weight excluding hydrogens is 404 g/mol. The molecule has 168 valence electrons. The minimum absolute atomic E-state index is 0.0445. The Balaban J connectivity index is 1.42. The minimum atomic E-state index is -0.157. The third-order valence-corrected chi connectivity index (χ3v) is 6.30. The second-order valence-electron chi connectivity index (χ2n) is 8.81. The number of ketones is 1. The van der Waals surface area contributed by atoms with Crippen LogP contribution >= 0.6 is 0 Å². The number of hydrogen-bond acceptors (Lipinski definition) is 4. The average Bonchev–Trinajstić information content (AvgIpc) is 2.82. The summed E-state index contributed by atoms with van der Waals surface area (Å²) in [5.41, 5.74) is 1.39. The van der Waals surface area contributed by atoms with E-state index in [1.54, 1.807) is 41.3 Å². The molecule has 0 spiro atoms. The van der Waals surface area contributed by atoms with E-state index in [1.807, 2.05) is 36.9 Å². The zero-order valence-electron chi connectivity index (χ0n) is 18.7. The van der Waals surface area contributed by atoms with E-state index in [4.69, 9.17) is 4.74 Å². The molecule has 2 atom stereocenters. The van der Waals surface area contributed by atoms with E-state index in [0.29, 0.717) is 55.7 Å². The van der Waals surface area contributed by atoms with Crippen LogP contribution in [-0.2, 0) is 9.53 Å². The highest BCUT2D eigenvalue weighted by atomic mass is 16.5. The van der Waals surface area contributed by atoms with Crippen LogP contribution in [0.1, 0.15) is 53.0 Å². The molecular formula is C26H30N2O4. The van der Waals surface area contributed by atoms with Crippen molar-refractivity contribution in [3.05, 3.63) is 71.3 Å². The highest BCUT2D eigenvalue weighted by Crippen LogP contribution is 2.24. The average molecular weight is 435 g/mol. The van der Waals surface area contributed by atoms with Crippen LogP contribution in [-0.4, -0.2) is 65.8 Å². The fourth-order valence-electron chi connectivity index (χ4n) is 4.73. The smallest absolute Gasteiger partial charge is 0.254 e. The van der Waals surface area contributed by atoms with Gasteiger partial charge in [0.15, 0.2) is 5.78 Å². The van der Waals surface area contributed by atoms with Crippen LogP contribution in [0.15, 0.2) is 54.6 Å². The number of amides is 2. The maximum atomic E-state index is 13.3. The third-order valence-electron chi connectivity index (χ3n) is 6.30. The van der Waals surface area contributed by atoms with Crippen LogP contribution in [0.3, 0.4) is 0 Å². The number of carbonyl (C=O) groups is 3. The van der Waals surface area contributed by atoms with Gasteiger partial charge in [-0.1, -0.05) is 48.5 Å². The van der Waals surface area contributed by atoms with Crippen molar-refractivity contribution in [2.45, 2.75) is 38.9 Å². The van der Waals surface area contributed by atoms with E-state index in [0.717, 1.165) is 0 Å². The molecule has 2 fully saturated rings. The van der Waals surface area contributed by atoms with Gasteiger partial charge in [0.2, 0.25) is 5.91 Å². The number of carbonyl (C=O) groups excluding carboxylic acids is 3. The fourth-order valence-corrected chi connectivity index (χ4v) is 4.73. The molecule has 32 heavy (non-hydrogen) atoms. The van der Waals surface area contributed by atoms with Crippen molar-refractivity contribution in [2.24, 2.45) is 5.92 Å². The SMILES string of the molecule is CC1CN(C(=O)C2CCN(C(=O)c3ccccc3C(=O)c3ccccc3)CC2)CC(C)O1. The molecule has 2 unspecified atom stereocenters. The Morgan fingerprint density at radius 2 is 1.34 bits per heavy atom. The Morgan fingerprint density at radius 3 is 1.97 bits per heavy atom. The summed E-state index contributed by atoms with van der Waals surface area (Å²) in [5.74, 6) is -0.212. The molecule has 6 nitrogen and oxygen atoms in total. The quantitative estimate of drug-likeness (QED) is 0.692. The molecule has 0 bridgehead atoms. The van der Waals surface area contributed by atoms with Crippen molar-refractivity contribution in [3.63, 3.8) is 0 Å². The maximum absolute atomic E-state index is 13.3. The zero-order valence-corrected chi connectivity index (χ0v) is 18.7. The molecule has 4 rings (SSSR count). The van der Waals surface area contributed by atoms with E-state index in [2.05, 4.69) is 0 Å². The van der Waals surface area contributed by atoms with E-state index < -0.39 is 0 Å². The van der Waals surface area contributed by atoms with E-state index in [-0.39, 0.29) is 35.7 Å². The van der Waals surface area contributed by atoms with Crippen molar-refractivity contribution in [1.29, 1.82) is 0 Å². The topological polar surface area (TPSA) is 66.9 Å². The molecule has 2 aromatic carbocycles. The highest BCUT2D eigenvalue weighted by Gasteiger charge is 2.34. The lowest BCUT2D eigenvalue weighted by Gasteiger charge is -2.39. The number of hydrogen-bond donors (Lipinski definition) is 0. The number of nitrogens with zero attached hydrogens (tertiary/aromatic N) is 2. The molecule has 0 N–H and O–H groups in total. The Morgan fingerprint density at radius 1 is 0.781 bits per heavy atom. The van der Waals surface area contributed by atoms with Crippen LogP contribution in [0.5, 0.6) is 0 Å². The summed E-state index contributed by atoms with van der Waals surface area (Å²) in [7, 11) is 0. The lowest BCUT2D eigenvalue weighted by atomic mass is 9.93. The third kappa shape index (κ3) is 4.75. The Labute approximate surface area is 189 Å². The monoisotopic (exact) mass is 434 g/mol. The number of likely N-dealkylation sites (tertiary alicyclic amines) is 1. The number of morpholine rings is 1. The first-order valence-corrected chi connectivity index (χ1v) is 11.4. The standard InChI is InChI=1S/C26H30N2O4/c1-18-16-28(17-19(2)32-18)25(30)21-12-14-27(15-13-21)26(31)23-11-7-6-10-22(23)24(29)20-8-4-3-5-9-20/h3-11,18-19,21H,12-17H2,1-2H3. The number of rotatable bonds is 4. The Kier molecular flexibility index (Phi) is 6.70. The summed E-state index contributed by atoms with van der Waals surface area (Å²) in [6.45, 7) is 6.25. The number of ether oxygens (including phenoxy) is 1. The fraction of sp³-hybridized carbons (Fsp3) is 0.423. The van der Waals surface area contributed by atoms with E-state index in [1.165, 1.54) is 0 Å². The van der Waals surface area contributed by atoms with Gasteiger partial charge in [-0.3, -0.25) is 14.4 Å². The second kappa shape index (κ2) is 9.65. The van der Waals surface area contributed by atoms with Gasteiger partial charge >= 0.3 is 0 Å². The molecule has 2 aliphatic rings. The van der Waals surface area contributed by atoms with Gasteiger partial charge in [-0.15, -0.1) is 0 Å². The van der Waals surface area contributed by atoms with Crippen LogP contribution in [0, 0.1) is 5.92 Å². The van der Waals surface area contributed by atoms with Crippen molar-refractivity contribution in [3.8, 4) is 0 Å². The van der Waals surface area contributed by atoms with Crippen molar-refractivity contribution in [2.75, 3.05) is 26.2 Å². The highest BCUT2D eigenvalue weighted by molar-refractivity contribution is 6.15. The summed E-state index contributed by atoms with van der Waals surface area (Å²) in [6.07, 6.45) is 1.37. The first-order chi connectivity index (χ1) is 15.4. The molecule has 0 aromatic heterocycles. The summed E-state index contributed by atoms with van der Waals surface area (Å²) >= 11 is 0. The predicted octanol–water partition coefficient (Wildman–Crippen LogP) is 3.41. The summed E-state index contributed by atoms with van der Waals surface area (Å²) in [6, 6.07) is 16.0. The van der Waals surface area contributed by atoms with Gasteiger partial charge in [0, 0.05) is 43.2 Å². The van der Waals surface area contributed by atoms with Crippen LogP contribution in [0.2, 0.25) is 0 Å². The summed E-state index contributed by atoms with van der Waals surface area (Å²) in [4.78, 5) is 43.0. The largest absolute Gasteiger partial charge is 0.372 e. The molecule has 2 aliphatic heterocycles. The van der Waals surface area contributed by atoms with Gasteiger partial charge in [0.1, 0.15) is 0 Å². The lowest BCUT2D eigenvalue weighted by molar-refractivity contribution is -0.148. The first-order valence-electron chi connectivity index (χ1n) is 11.4. The molecule has 2 heterocycles. The molecule has 0 aliphatic carbocycles. The molecule has 0 radical (unpaired) electrons. The molecule has 6 heteroatoms. The second-order valence-corrected chi connectivity index (χ2v) is 8.81. The number of benzene rings is 2. The van der Waals surface area contributed by atoms with Gasteiger partial charge in [0.05, 0.1) is 17.8 Å². The van der Waals surface area contributed by atoms with Gasteiger partial charge in [-0.2, -0.15) is 0 Å². The molecule has 0 saturated carbocycles. The summed E-state index contributed by atoms with van der Waals surface area (Å²) in [5, 5.41) is 0. The van der Waals surface area contributed by atoms with E-state index >= 15 is 0 Å². The van der Waals surface area contributed by atoms with Crippen molar-refractivity contribution in [1.82, 2.24) is 9.80 Å².